The number of aliphatic carboxylic acids is 1. The number of carboxylic acid groups (broad SMARTS) is 1. The van der Waals surface area contributed by atoms with E-state index in [1.165, 1.54) is 0 Å². The van der Waals surface area contributed by atoms with E-state index in [1.807, 2.05) is 0 Å². The van der Waals surface area contributed by atoms with E-state index in [1.54, 1.807) is 30.3 Å². The first kappa shape index (κ1) is 11.3. The normalized spacial score (nSPS) is 11.4. The number of hydrogen-bond acceptors (Lipinski definition) is 2. The Morgan fingerprint density at radius 1 is 1.25 bits per heavy atom. The van der Waals surface area contributed by atoms with Crippen LogP contribution in [0.5, 0.6) is 0 Å². The van der Waals surface area contributed by atoms with Crippen LogP contribution in [0.25, 0.3) is 0 Å². The molecule has 0 heterocycles. The van der Waals surface area contributed by atoms with E-state index in [4.69, 9.17) is 10.2 Å². The average Bonchev–Trinajstić information content (AvgIpc) is 2.05. The molecule has 0 fully saturated rings. The molecule has 1 unspecified atom stereocenters. The van der Waals surface area contributed by atoms with Gasteiger partial charge in [-0.1, -0.05) is 30.3 Å². The predicted molar refractivity (Wildman–Crippen MR) is 39.0 cm³/mol. The summed E-state index contributed by atoms with van der Waals surface area (Å²) in [7, 11) is 0. The zero-order chi connectivity index (χ0) is 8.27. The van der Waals surface area contributed by atoms with Gasteiger partial charge in [0.1, 0.15) is 0 Å². The van der Waals surface area contributed by atoms with Crippen LogP contribution in [0.1, 0.15) is 11.7 Å². The molecule has 0 radical (unpaired) electrons. The minimum atomic E-state index is -1.41. The molecule has 4 heteroatoms. The quantitative estimate of drug-likeness (QED) is 0.721. The van der Waals surface area contributed by atoms with Crippen molar-refractivity contribution >= 4 is 5.97 Å². The van der Waals surface area contributed by atoms with Gasteiger partial charge in [-0.05, 0) is 5.56 Å². The standard InChI is InChI=1S/C8H8O3.Zn/c9-7(8(10)11)6-4-2-1-3-5-6;/h1-5,7,9H,(H,10,11);. The fourth-order valence-electron chi connectivity index (χ4n) is 0.778. The van der Waals surface area contributed by atoms with Crippen LogP contribution in [0.4, 0.5) is 0 Å². The molecule has 2 N–H and O–H groups in total. The van der Waals surface area contributed by atoms with Crippen molar-refractivity contribution in [3.8, 4) is 0 Å². The summed E-state index contributed by atoms with van der Waals surface area (Å²) < 4.78 is 0. The van der Waals surface area contributed by atoms with Crippen LogP contribution in [-0.4, -0.2) is 16.2 Å². The van der Waals surface area contributed by atoms with Gasteiger partial charge in [0.2, 0.25) is 0 Å². The third kappa shape index (κ3) is 2.72. The molecule has 1 aromatic carbocycles. The van der Waals surface area contributed by atoms with Crippen LogP contribution in [0.2, 0.25) is 0 Å². The summed E-state index contributed by atoms with van der Waals surface area (Å²) in [5.41, 5.74) is 0.403. The van der Waals surface area contributed by atoms with E-state index in [9.17, 15) is 4.79 Å². The number of hydrogen-bond donors (Lipinski definition) is 2. The molecule has 0 aromatic heterocycles. The number of carbonyl (C=O) groups is 1. The summed E-state index contributed by atoms with van der Waals surface area (Å²) in [6.07, 6.45) is -1.41. The zero-order valence-electron chi connectivity index (χ0n) is 6.47. The van der Waals surface area contributed by atoms with E-state index in [2.05, 4.69) is 0 Å². The Hall–Kier alpha value is -0.727. The van der Waals surface area contributed by atoms with Gasteiger partial charge < -0.3 is 10.2 Å². The maximum absolute atomic E-state index is 10.2. The van der Waals surface area contributed by atoms with Crippen LogP contribution < -0.4 is 0 Å². The third-order valence-electron chi connectivity index (χ3n) is 1.35. The third-order valence-corrected chi connectivity index (χ3v) is 1.35. The molecule has 0 bridgehead atoms. The molecule has 0 saturated heterocycles. The maximum atomic E-state index is 10.2. The Morgan fingerprint density at radius 2 is 1.75 bits per heavy atom. The number of rotatable bonds is 2. The molecule has 1 atom stereocenters. The molecule has 0 saturated carbocycles. The second-order valence-electron chi connectivity index (χ2n) is 2.15. The summed E-state index contributed by atoms with van der Waals surface area (Å²) in [6.45, 7) is 0. The molecule has 0 aliphatic rings. The Morgan fingerprint density at radius 3 is 2.17 bits per heavy atom. The summed E-state index contributed by atoms with van der Waals surface area (Å²) in [5.74, 6) is -1.23. The zero-order valence-corrected chi connectivity index (χ0v) is 9.44. The van der Waals surface area contributed by atoms with E-state index in [0.29, 0.717) is 5.56 Å². The van der Waals surface area contributed by atoms with E-state index >= 15 is 0 Å². The Kier molecular flexibility index (Phi) is 4.71. The molecule has 60 valence electrons. The molecule has 1 aromatic rings. The van der Waals surface area contributed by atoms with Crippen molar-refractivity contribution in [1.29, 1.82) is 0 Å². The van der Waals surface area contributed by atoms with Gasteiger partial charge in [0.25, 0.3) is 0 Å². The molecule has 0 aliphatic heterocycles. The largest absolute Gasteiger partial charge is 0.479 e. The molecule has 3 nitrogen and oxygen atoms in total. The fraction of sp³-hybridized carbons (Fsp3) is 0.125. The van der Waals surface area contributed by atoms with Gasteiger partial charge in [0.15, 0.2) is 6.10 Å². The number of carboxylic acids is 1. The molecule has 0 spiro atoms. The van der Waals surface area contributed by atoms with E-state index < -0.39 is 12.1 Å². The first-order valence-corrected chi connectivity index (χ1v) is 3.17. The molecular weight excluding hydrogens is 209 g/mol. The van der Waals surface area contributed by atoms with E-state index in [-0.39, 0.29) is 19.5 Å². The van der Waals surface area contributed by atoms with Crippen molar-refractivity contribution in [3.63, 3.8) is 0 Å². The predicted octanol–water partition coefficient (Wildman–Crippen LogP) is 0.802. The molecule has 0 amide bonds. The monoisotopic (exact) mass is 216 g/mol. The second-order valence-corrected chi connectivity index (χ2v) is 2.15. The minimum Gasteiger partial charge on any atom is -0.479 e. The van der Waals surface area contributed by atoms with Crippen molar-refractivity contribution < 1.29 is 34.5 Å². The Balaban J connectivity index is 0.00000121. The van der Waals surface area contributed by atoms with Crippen LogP contribution >= 0.6 is 0 Å². The number of aliphatic hydroxyl groups is 1. The topological polar surface area (TPSA) is 57.5 Å². The summed E-state index contributed by atoms with van der Waals surface area (Å²) >= 11 is 0. The average molecular weight is 218 g/mol. The van der Waals surface area contributed by atoms with Gasteiger partial charge in [-0.15, -0.1) is 0 Å². The van der Waals surface area contributed by atoms with Gasteiger partial charge >= 0.3 is 5.97 Å². The fourth-order valence-corrected chi connectivity index (χ4v) is 0.778. The van der Waals surface area contributed by atoms with Crippen molar-refractivity contribution in [2.75, 3.05) is 0 Å². The van der Waals surface area contributed by atoms with Gasteiger partial charge in [-0.2, -0.15) is 0 Å². The maximum Gasteiger partial charge on any atom is 0.337 e. The second kappa shape index (κ2) is 5.01. The molecule has 12 heavy (non-hydrogen) atoms. The van der Waals surface area contributed by atoms with Gasteiger partial charge in [0, 0.05) is 19.5 Å². The summed E-state index contributed by atoms with van der Waals surface area (Å²) in [6, 6.07) is 8.26. The van der Waals surface area contributed by atoms with Crippen LogP contribution in [0.3, 0.4) is 0 Å². The van der Waals surface area contributed by atoms with Crippen molar-refractivity contribution in [1.82, 2.24) is 0 Å². The molecule has 1 rings (SSSR count). The number of benzene rings is 1. The van der Waals surface area contributed by atoms with Crippen LogP contribution in [0.15, 0.2) is 30.3 Å². The number of aliphatic hydroxyl groups excluding tert-OH is 1. The minimum absolute atomic E-state index is 0. The molecular formula is C8H8O3Zn. The molecule has 0 aliphatic carbocycles. The first-order valence-electron chi connectivity index (χ1n) is 3.17. The summed E-state index contributed by atoms with van der Waals surface area (Å²) in [5, 5.41) is 17.4. The first-order chi connectivity index (χ1) is 5.22. The SMILES string of the molecule is O=C(O)C(O)c1ccccc1.[Zn]. The Bertz CT molecular complexity index is 248. The van der Waals surface area contributed by atoms with E-state index in [0.717, 1.165) is 0 Å². The van der Waals surface area contributed by atoms with Crippen molar-refractivity contribution in [2.45, 2.75) is 6.10 Å². The van der Waals surface area contributed by atoms with Gasteiger partial charge in [-0.3, -0.25) is 0 Å². The summed E-state index contributed by atoms with van der Waals surface area (Å²) in [4.78, 5) is 10.2. The van der Waals surface area contributed by atoms with Crippen LogP contribution in [-0.2, 0) is 24.3 Å². The van der Waals surface area contributed by atoms with Gasteiger partial charge in [-0.25, -0.2) is 4.79 Å². The smallest absolute Gasteiger partial charge is 0.337 e. The van der Waals surface area contributed by atoms with Gasteiger partial charge in [0.05, 0.1) is 0 Å². The van der Waals surface area contributed by atoms with Crippen molar-refractivity contribution in [2.24, 2.45) is 0 Å². The Labute approximate surface area is 82.8 Å². The van der Waals surface area contributed by atoms with Crippen LogP contribution in [0, 0.1) is 0 Å². The van der Waals surface area contributed by atoms with Crippen molar-refractivity contribution in [3.05, 3.63) is 35.9 Å².